The molecule has 2 heterocycles. The second-order valence-corrected chi connectivity index (χ2v) is 16.7. The second-order valence-electron chi connectivity index (χ2n) is 16.7. The number of carbonyl (C=O) groups is 4. The summed E-state index contributed by atoms with van der Waals surface area (Å²) >= 11 is 0. The summed E-state index contributed by atoms with van der Waals surface area (Å²) in [6, 6.07) is 0. The smallest absolute Gasteiger partial charge is 0.373 e. The minimum absolute atomic E-state index is 0.00964. The Morgan fingerprint density at radius 3 is 2.27 bits per heavy atom. The number of hydrogen-bond acceptors (Lipinski definition) is 13. The van der Waals surface area contributed by atoms with Crippen LogP contribution in [0.25, 0.3) is 0 Å². The molecule has 1 aliphatic carbocycles. The van der Waals surface area contributed by atoms with Gasteiger partial charge in [-0.1, -0.05) is 83.9 Å². The van der Waals surface area contributed by atoms with Crippen LogP contribution in [-0.2, 0) is 47.6 Å². The topological polar surface area (TPSA) is 196 Å². The average molecular weight is 830 g/mol. The molecule has 14 heteroatoms. The van der Waals surface area contributed by atoms with Gasteiger partial charge < -0.3 is 49.1 Å². The lowest BCUT2D eigenvalue weighted by Crippen LogP contribution is -2.60. The first-order chi connectivity index (χ1) is 27.7. The number of aliphatic hydroxyl groups excluding tert-OH is 3. The summed E-state index contributed by atoms with van der Waals surface area (Å²) in [4.78, 5) is 51.4. The molecule has 0 aromatic heterocycles. The third-order valence-electron chi connectivity index (χ3n) is 11.8. The van der Waals surface area contributed by atoms with Gasteiger partial charge in [0.15, 0.2) is 11.6 Å². The molecule has 0 aromatic rings. The highest BCUT2D eigenvalue weighted by Gasteiger charge is 2.54. The van der Waals surface area contributed by atoms with Crippen LogP contribution in [0.1, 0.15) is 88.0 Å². The first kappa shape index (κ1) is 49.3. The zero-order chi connectivity index (χ0) is 44.4. The number of ketones is 1. The number of methoxy groups -OCH3 is 3. The Morgan fingerprint density at radius 1 is 1.02 bits per heavy atom. The number of esters is 2. The van der Waals surface area contributed by atoms with Crippen LogP contribution in [-0.4, -0.2) is 103 Å². The molecule has 0 aromatic carbocycles. The first-order valence-corrected chi connectivity index (χ1v) is 20.5. The molecule has 4 N–H and O–H groups in total. The molecule has 1 fully saturated rings. The van der Waals surface area contributed by atoms with Crippen LogP contribution in [0.4, 0.5) is 0 Å². The van der Waals surface area contributed by atoms with E-state index in [0.29, 0.717) is 12.0 Å². The fraction of sp³-hybridized carbons (Fsp3) is 0.644. The SMILES string of the molecule is COC1=CC(C)=CC(C)C(O)C(C)CC(C)=CC=CC(OC)C(C(C)C(O)C(C)C2(OC)CC(OC(=O)C=CC(=O)NC3=C(O)CCC3=O)C(C)C(C(C)C)O2)OC1=O. The maximum absolute atomic E-state index is 13.8. The minimum Gasteiger partial charge on any atom is -0.510 e. The van der Waals surface area contributed by atoms with Crippen molar-refractivity contribution < 1.29 is 62.9 Å². The van der Waals surface area contributed by atoms with Gasteiger partial charge in [-0.3, -0.25) is 9.59 Å². The normalized spacial score (nSPS) is 31.9. The van der Waals surface area contributed by atoms with Crippen molar-refractivity contribution >= 4 is 23.6 Å². The van der Waals surface area contributed by atoms with Crippen LogP contribution < -0.4 is 5.32 Å². The highest BCUT2D eigenvalue weighted by Crippen LogP contribution is 2.44. The fourth-order valence-electron chi connectivity index (χ4n) is 8.25. The summed E-state index contributed by atoms with van der Waals surface area (Å²) in [6.45, 7) is 17.0. The fourth-order valence-corrected chi connectivity index (χ4v) is 8.25. The summed E-state index contributed by atoms with van der Waals surface area (Å²) in [5, 5.41) is 35.5. The van der Waals surface area contributed by atoms with E-state index in [1.165, 1.54) is 21.3 Å². The van der Waals surface area contributed by atoms with E-state index in [1.54, 1.807) is 32.1 Å². The standard InChI is InChI=1S/C45H67NO13/c1-24(2)42-29(7)36(57-38(50)19-18-37(49)46-39-32(47)16-17-33(39)48)23-45(56-12,59-42)31(9)41(52)30(8)43-34(54-10)15-13-14-25(3)20-27(5)40(51)28(6)21-26(4)22-35(55-11)44(53)58-43/h13-15,18-19,21-22,24,27-31,34,36,40-43,47,51-52H,16-17,20,23H2,1-12H3,(H,46,49). The number of Topliss-reactive ketones (excluding diaryl/α,β-unsaturated/α-hetero) is 1. The molecule has 14 nitrogen and oxygen atoms in total. The van der Waals surface area contributed by atoms with E-state index in [1.807, 2.05) is 60.6 Å². The van der Waals surface area contributed by atoms with Gasteiger partial charge >= 0.3 is 11.9 Å². The average Bonchev–Trinajstić information content (AvgIpc) is 3.51. The summed E-state index contributed by atoms with van der Waals surface area (Å²) in [5.41, 5.74) is 1.53. The molecule has 59 heavy (non-hydrogen) atoms. The number of hydrogen-bond donors (Lipinski definition) is 4. The van der Waals surface area contributed by atoms with Gasteiger partial charge in [0.2, 0.25) is 11.7 Å². The number of rotatable bonds is 12. The Morgan fingerprint density at radius 2 is 1.69 bits per heavy atom. The Hall–Kier alpha value is -4.08. The number of aliphatic hydroxyl groups is 3. The Kier molecular flexibility index (Phi) is 18.3. The van der Waals surface area contributed by atoms with Crippen molar-refractivity contribution in [1.82, 2.24) is 5.32 Å². The molecule has 2 aliphatic heterocycles. The van der Waals surface area contributed by atoms with Gasteiger partial charge in [0.25, 0.3) is 0 Å². The minimum atomic E-state index is -1.49. The van der Waals surface area contributed by atoms with E-state index in [-0.39, 0.29) is 60.1 Å². The van der Waals surface area contributed by atoms with Gasteiger partial charge in [-0.05, 0) is 38.2 Å². The van der Waals surface area contributed by atoms with Crippen LogP contribution in [0, 0.1) is 35.5 Å². The molecule has 330 valence electrons. The first-order valence-electron chi connectivity index (χ1n) is 20.5. The maximum Gasteiger partial charge on any atom is 0.373 e. The van der Waals surface area contributed by atoms with Crippen LogP contribution >= 0.6 is 0 Å². The molecule has 3 aliphatic rings. The number of carbonyl (C=O) groups excluding carboxylic acids is 4. The molecule has 0 saturated carbocycles. The largest absolute Gasteiger partial charge is 0.510 e. The van der Waals surface area contributed by atoms with Gasteiger partial charge in [-0.25, -0.2) is 9.59 Å². The second kappa shape index (κ2) is 22.0. The molecule has 12 unspecified atom stereocenters. The number of cyclic esters (lactones) is 1. The zero-order valence-electron chi connectivity index (χ0n) is 36.7. The Labute approximate surface area is 349 Å². The Bertz CT molecular complexity index is 1690. The summed E-state index contributed by atoms with van der Waals surface area (Å²) in [5.74, 6) is -6.84. The van der Waals surface area contributed by atoms with Gasteiger partial charge in [0, 0.05) is 69.3 Å². The lowest BCUT2D eigenvalue weighted by atomic mass is 9.76. The van der Waals surface area contributed by atoms with Crippen molar-refractivity contribution in [3.05, 3.63) is 70.9 Å². The molecule has 3 rings (SSSR count). The van der Waals surface area contributed by atoms with Gasteiger partial charge in [0.1, 0.15) is 29.8 Å². The predicted molar refractivity (Wildman–Crippen MR) is 220 cm³/mol. The lowest BCUT2D eigenvalue weighted by Gasteiger charge is -2.51. The van der Waals surface area contributed by atoms with Crippen LogP contribution in [0.5, 0.6) is 0 Å². The number of ether oxygens (including phenoxy) is 6. The van der Waals surface area contributed by atoms with Crippen molar-refractivity contribution in [2.75, 3.05) is 21.3 Å². The molecule has 12 atom stereocenters. The number of allylic oxidation sites excluding steroid dienone is 7. The van der Waals surface area contributed by atoms with Crippen molar-refractivity contribution in [2.24, 2.45) is 35.5 Å². The molecular weight excluding hydrogens is 762 g/mol. The highest BCUT2D eigenvalue weighted by molar-refractivity contribution is 6.04. The number of nitrogens with one attached hydrogen (secondary N) is 1. The Balaban J connectivity index is 1.96. The molecule has 1 amide bonds. The van der Waals surface area contributed by atoms with Crippen LogP contribution in [0.15, 0.2) is 70.9 Å². The number of amides is 1. The maximum atomic E-state index is 13.8. The van der Waals surface area contributed by atoms with Crippen molar-refractivity contribution in [2.45, 2.75) is 130 Å². The molecule has 0 bridgehead atoms. The van der Waals surface area contributed by atoms with Crippen molar-refractivity contribution in [1.29, 1.82) is 0 Å². The van der Waals surface area contributed by atoms with Crippen LogP contribution in [0.2, 0.25) is 0 Å². The van der Waals surface area contributed by atoms with Crippen molar-refractivity contribution in [3.63, 3.8) is 0 Å². The summed E-state index contributed by atoms with van der Waals surface area (Å²) in [7, 11) is 4.29. The van der Waals surface area contributed by atoms with E-state index in [0.717, 1.165) is 17.7 Å². The van der Waals surface area contributed by atoms with Gasteiger partial charge in [0.05, 0.1) is 25.4 Å². The van der Waals surface area contributed by atoms with Crippen molar-refractivity contribution in [3.8, 4) is 0 Å². The molecular formula is C45H67NO13. The third-order valence-corrected chi connectivity index (χ3v) is 11.8. The monoisotopic (exact) mass is 829 g/mol. The third kappa shape index (κ3) is 12.7. The molecule has 0 radical (unpaired) electrons. The quantitative estimate of drug-likeness (QED) is 0.138. The molecule has 0 spiro atoms. The highest BCUT2D eigenvalue weighted by atomic mass is 16.7. The van der Waals surface area contributed by atoms with E-state index < -0.39 is 77.9 Å². The predicted octanol–water partition coefficient (Wildman–Crippen LogP) is 5.70. The van der Waals surface area contributed by atoms with Gasteiger partial charge in [-0.2, -0.15) is 0 Å². The zero-order valence-corrected chi connectivity index (χ0v) is 36.7. The van der Waals surface area contributed by atoms with E-state index in [2.05, 4.69) is 5.32 Å². The molecule has 1 saturated heterocycles. The summed E-state index contributed by atoms with van der Waals surface area (Å²) < 4.78 is 36.3. The van der Waals surface area contributed by atoms with E-state index >= 15 is 0 Å². The van der Waals surface area contributed by atoms with E-state index in [4.69, 9.17) is 28.4 Å². The summed E-state index contributed by atoms with van der Waals surface area (Å²) in [6.07, 6.45) is 6.62. The van der Waals surface area contributed by atoms with Crippen LogP contribution in [0.3, 0.4) is 0 Å². The van der Waals surface area contributed by atoms with E-state index in [9.17, 15) is 34.5 Å². The lowest BCUT2D eigenvalue weighted by molar-refractivity contribution is -0.339. The van der Waals surface area contributed by atoms with Gasteiger partial charge in [-0.15, -0.1) is 0 Å².